The number of carbonyl (C=O) groups is 2. The van der Waals surface area contributed by atoms with E-state index in [1.165, 1.54) is 0 Å². The van der Waals surface area contributed by atoms with Gasteiger partial charge in [-0.2, -0.15) is 0 Å². The molecule has 106 valence electrons. The molecule has 1 aromatic rings. The molecule has 2 aliphatic rings. The van der Waals surface area contributed by atoms with Crippen LogP contribution in [-0.2, 0) is 4.79 Å². The Morgan fingerprint density at radius 3 is 2.30 bits per heavy atom. The van der Waals surface area contributed by atoms with Crippen molar-refractivity contribution in [2.24, 2.45) is 11.8 Å². The molecule has 1 aliphatic carbocycles. The van der Waals surface area contributed by atoms with Crippen LogP contribution in [0.3, 0.4) is 0 Å². The van der Waals surface area contributed by atoms with E-state index < -0.39 is 0 Å². The van der Waals surface area contributed by atoms with Gasteiger partial charge in [-0.25, -0.2) is 0 Å². The highest BCUT2D eigenvalue weighted by Gasteiger charge is 2.39. The Balaban J connectivity index is 1.62. The Hall–Kier alpha value is -1.84. The summed E-state index contributed by atoms with van der Waals surface area (Å²) in [5.41, 5.74) is 1.47. The molecule has 1 heterocycles. The highest BCUT2D eigenvalue weighted by molar-refractivity contribution is 5.97. The number of nitrogens with one attached hydrogen (secondary N) is 1. The molecule has 1 aliphatic heterocycles. The van der Waals surface area contributed by atoms with Crippen LogP contribution >= 0.6 is 0 Å². The summed E-state index contributed by atoms with van der Waals surface area (Å²) in [6.07, 6.45) is 3.18. The molecular weight excluding hydrogens is 252 g/mol. The quantitative estimate of drug-likeness (QED) is 0.919. The lowest BCUT2D eigenvalue weighted by Gasteiger charge is -2.15. The average Bonchev–Trinajstić information content (AvgIpc) is 2.97. The lowest BCUT2D eigenvalue weighted by atomic mass is 10.2. The molecule has 1 N–H and O–H groups in total. The fourth-order valence-corrected chi connectivity index (χ4v) is 2.72. The van der Waals surface area contributed by atoms with Crippen LogP contribution in [0.4, 0.5) is 5.69 Å². The molecule has 0 spiro atoms. The zero-order chi connectivity index (χ0) is 14.1. The van der Waals surface area contributed by atoms with Gasteiger partial charge in [0.05, 0.1) is 0 Å². The van der Waals surface area contributed by atoms with Gasteiger partial charge in [0, 0.05) is 30.3 Å². The highest BCUT2D eigenvalue weighted by atomic mass is 16.2. The third-order valence-corrected chi connectivity index (χ3v) is 4.24. The lowest BCUT2D eigenvalue weighted by molar-refractivity contribution is -0.117. The first kappa shape index (κ1) is 13.2. The number of nitrogens with zero attached hydrogens (tertiary/aromatic N) is 1. The molecule has 1 aromatic carbocycles. The molecule has 0 bridgehead atoms. The minimum Gasteiger partial charge on any atom is -0.339 e. The molecule has 4 nitrogen and oxygen atoms in total. The summed E-state index contributed by atoms with van der Waals surface area (Å²) >= 11 is 0. The third-order valence-electron chi connectivity index (χ3n) is 4.24. The van der Waals surface area contributed by atoms with Gasteiger partial charge < -0.3 is 10.2 Å². The molecule has 0 radical (unpaired) electrons. The number of anilines is 1. The zero-order valence-electron chi connectivity index (χ0n) is 11.8. The van der Waals surface area contributed by atoms with Crippen molar-refractivity contribution < 1.29 is 9.59 Å². The van der Waals surface area contributed by atoms with Crippen LogP contribution in [0.5, 0.6) is 0 Å². The molecule has 1 saturated heterocycles. The molecule has 3 rings (SSSR count). The van der Waals surface area contributed by atoms with Crippen molar-refractivity contribution in [2.75, 3.05) is 18.4 Å². The third kappa shape index (κ3) is 2.69. The number of rotatable bonds is 3. The second kappa shape index (κ2) is 5.27. The Bertz CT molecular complexity index is 518. The molecule has 2 fully saturated rings. The minimum absolute atomic E-state index is 0.0936. The van der Waals surface area contributed by atoms with Crippen molar-refractivity contribution in [3.8, 4) is 0 Å². The van der Waals surface area contributed by atoms with Crippen LogP contribution in [0.1, 0.15) is 36.5 Å². The molecule has 0 aromatic heterocycles. The van der Waals surface area contributed by atoms with Crippen molar-refractivity contribution >= 4 is 17.5 Å². The van der Waals surface area contributed by atoms with Gasteiger partial charge in [-0.1, -0.05) is 6.92 Å². The van der Waals surface area contributed by atoms with Crippen molar-refractivity contribution in [3.05, 3.63) is 29.8 Å². The van der Waals surface area contributed by atoms with Crippen molar-refractivity contribution in [2.45, 2.75) is 26.2 Å². The molecule has 2 atom stereocenters. The van der Waals surface area contributed by atoms with Crippen LogP contribution in [0.25, 0.3) is 0 Å². The van der Waals surface area contributed by atoms with Gasteiger partial charge in [0.15, 0.2) is 0 Å². The monoisotopic (exact) mass is 272 g/mol. The molecule has 1 saturated carbocycles. The van der Waals surface area contributed by atoms with Crippen LogP contribution in [0, 0.1) is 11.8 Å². The van der Waals surface area contributed by atoms with Gasteiger partial charge >= 0.3 is 0 Å². The summed E-state index contributed by atoms with van der Waals surface area (Å²) in [6.45, 7) is 3.80. The van der Waals surface area contributed by atoms with E-state index in [4.69, 9.17) is 0 Å². The number of hydrogen-bond donors (Lipinski definition) is 1. The molecule has 20 heavy (non-hydrogen) atoms. The Morgan fingerprint density at radius 1 is 1.15 bits per heavy atom. The van der Waals surface area contributed by atoms with Crippen LogP contribution in [0.15, 0.2) is 24.3 Å². The highest BCUT2D eigenvalue weighted by Crippen LogP contribution is 2.38. The predicted octanol–water partition coefficient (Wildman–Crippen LogP) is 2.52. The minimum atomic E-state index is 0.0936. The van der Waals surface area contributed by atoms with Crippen LogP contribution in [-0.4, -0.2) is 29.8 Å². The van der Waals surface area contributed by atoms with Gasteiger partial charge in [0.1, 0.15) is 0 Å². The molecule has 2 unspecified atom stereocenters. The van der Waals surface area contributed by atoms with E-state index >= 15 is 0 Å². The first-order valence-corrected chi connectivity index (χ1v) is 7.35. The molecular formula is C16H20N2O2. The Labute approximate surface area is 119 Å². The van der Waals surface area contributed by atoms with E-state index in [1.54, 1.807) is 12.1 Å². The van der Waals surface area contributed by atoms with E-state index in [-0.39, 0.29) is 17.7 Å². The number of hydrogen-bond acceptors (Lipinski definition) is 2. The van der Waals surface area contributed by atoms with Gasteiger partial charge in [-0.05, 0) is 49.4 Å². The fraction of sp³-hybridized carbons (Fsp3) is 0.500. The topological polar surface area (TPSA) is 49.4 Å². The number of benzene rings is 1. The number of likely N-dealkylation sites (tertiary alicyclic amines) is 1. The van der Waals surface area contributed by atoms with E-state index in [9.17, 15) is 9.59 Å². The summed E-state index contributed by atoms with van der Waals surface area (Å²) in [5.74, 6) is 0.860. The molecule has 4 heteroatoms. The first-order chi connectivity index (χ1) is 9.65. The van der Waals surface area contributed by atoms with Gasteiger partial charge in [0.25, 0.3) is 5.91 Å². The van der Waals surface area contributed by atoms with E-state index in [0.29, 0.717) is 11.5 Å². The van der Waals surface area contributed by atoms with E-state index in [1.807, 2.05) is 17.0 Å². The normalized spacial score (nSPS) is 24.6. The first-order valence-electron chi connectivity index (χ1n) is 7.35. The SMILES string of the molecule is CC1CC1C(=O)Nc1ccc(C(=O)N2CCCC2)cc1. The lowest BCUT2D eigenvalue weighted by Crippen LogP contribution is -2.27. The summed E-state index contributed by atoms with van der Waals surface area (Å²) in [4.78, 5) is 25.9. The Kier molecular flexibility index (Phi) is 3.47. The van der Waals surface area contributed by atoms with Crippen molar-refractivity contribution in [3.63, 3.8) is 0 Å². The predicted molar refractivity (Wildman–Crippen MR) is 77.5 cm³/mol. The number of amides is 2. The smallest absolute Gasteiger partial charge is 0.253 e. The Morgan fingerprint density at radius 2 is 1.75 bits per heavy atom. The largest absolute Gasteiger partial charge is 0.339 e. The van der Waals surface area contributed by atoms with Crippen LogP contribution < -0.4 is 5.32 Å². The summed E-state index contributed by atoms with van der Waals surface area (Å²) < 4.78 is 0. The van der Waals surface area contributed by atoms with Gasteiger partial charge in [0.2, 0.25) is 5.91 Å². The number of carbonyl (C=O) groups excluding carboxylic acids is 2. The standard InChI is InChI=1S/C16H20N2O2/c1-11-10-14(11)15(19)17-13-6-4-12(5-7-13)16(20)18-8-2-3-9-18/h4-7,11,14H,2-3,8-10H2,1H3,(H,17,19). The maximum Gasteiger partial charge on any atom is 0.253 e. The maximum atomic E-state index is 12.2. The van der Waals surface area contributed by atoms with E-state index in [2.05, 4.69) is 12.2 Å². The van der Waals surface area contributed by atoms with E-state index in [0.717, 1.165) is 38.0 Å². The van der Waals surface area contributed by atoms with Crippen molar-refractivity contribution in [1.29, 1.82) is 0 Å². The van der Waals surface area contributed by atoms with Crippen molar-refractivity contribution in [1.82, 2.24) is 4.90 Å². The maximum absolute atomic E-state index is 12.2. The van der Waals surface area contributed by atoms with Gasteiger partial charge in [-0.3, -0.25) is 9.59 Å². The summed E-state index contributed by atoms with van der Waals surface area (Å²) in [6, 6.07) is 7.22. The second-order valence-electron chi connectivity index (χ2n) is 5.89. The summed E-state index contributed by atoms with van der Waals surface area (Å²) in [7, 11) is 0. The average molecular weight is 272 g/mol. The second-order valence-corrected chi connectivity index (χ2v) is 5.89. The van der Waals surface area contributed by atoms with Crippen LogP contribution in [0.2, 0.25) is 0 Å². The molecule has 2 amide bonds. The summed E-state index contributed by atoms with van der Waals surface area (Å²) in [5, 5.41) is 2.91. The fourth-order valence-electron chi connectivity index (χ4n) is 2.72. The van der Waals surface area contributed by atoms with Gasteiger partial charge in [-0.15, -0.1) is 0 Å². The zero-order valence-corrected chi connectivity index (χ0v) is 11.8.